The Morgan fingerprint density at radius 2 is 2.00 bits per heavy atom. The molecule has 0 radical (unpaired) electrons. The van der Waals surface area contributed by atoms with E-state index in [2.05, 4.69) is 34.0 Å². The molecule has 3 nitrogen and oxygen atoms in total. The van der Waals surface area contributed by atoms with Crippen LogP contribution in [0.5, 0.6) is 11.5 Å². The highest BCUT2D eigenvalue weighted by molar-refractivity contribution is 14.1. The fourth-order valence-corrected chi connectivity index (χ4v) is 2.51. The second-order valence-corrected chi connectivity index (χ2v) is 5.13. The standard InChI is InChI=1S/C12H16INO2.ClH/c1-15-11-6-8(7-14-9-3-4-9)5-10(13)12(11)16-2;/h5-6,9,14H,3-4,7H2,1-2H3;1H. The molecule has 0 heterocycles. The van der Waals surface area contributed by atoms with Crippen molar-refractivity contribution in [3.05, 3.63) is 21.3 Å². The largest absolute Gasteiger partial charge is 0.493 e. The third kappa shape index (κ3) is 3.89. The summed E-state index contributed by atoms with van der Waals surface area (Å²) in [5.74, 6) is 1.63. The van der Waals surface area contributed by atoms with Gasteiger partial charge in [-0.2, -0.15) is 0 Å². The number of methoxy groups -OCH3 is 2. The van der Waals surface area contributed by atoms with Gasteiger partial charge in [0.2, 0.25) is 0 Å². The van der Waals surface area contributed by atoms with Crippen molar-refractivity contribution in [2.75, 3.05) is 14.2 Å². The fourth-order valence-electron chi connectivity index (χ4n) is 1.62. The lowest BCUT2D eigenvalue weighted by Gasteiger charge is -2.12. The second kappa shape index (κ2) is 6.66. The minimum atomic E-state index is 0. The Bertz CT molecular complexity index is 383. The molecule has 1 N–H and O–H groups in total. The molecule has 1 saturated carbocycles. The predicted molar refractivity (Wildman–Crippen MR) is 79.4 cm³/mol. The molecule has 2 rings (SSSR count). The first-order chi connectivity index (χ1) is 7.74. The lowest BCUT2D eigenvalue weighted by atomic mass is 10.2. The van der Waals surface area contributed by atoms with E-state index >= 15 is 0 Å². The van der Waals surface area contributed by atoms with Gasteiger partial charge in [-0.3, -0.25) is 0 Å². The molecule has 1 fully saturated rings. The zero-order chi connectivity index (χ0) is 11.5. The Morgan fingerprint density at radius 3 is 2.53 bits per heavy atom. The van der Waals surface area contributed by atoms with Gasteiger partial charge < -0.3 is 14.8 Å². The maximum atomic E-state index is 5.32. The minimum Gasteiger partial charge on any atom is -0.493 e. The first-order valence-electron chi connectivity index (χ1n) is 5.38. The van der Waals surface area contributed by atoms with Gasteiger partial charge in [0, 0.05) is 12.6 Å². The maximum Gasteiger partial charge on any atom is 0.174 e. The van der Waals surface area contributed by atoms with Gasteiger partial charge >= 0.3 is 0 Å². The Hall–Kier alpha value is -0.200. The van der Waals surface area contributed by atoms with Gasteiger partial charge in [-0.25, -0.2) is 0 Å². The molecule has 1 aliphatic rings. The van der Waals surface area contributed by atoms with E-state index in [1.54, 1.807) is 14.2 Å². The molecular formula is C12H17ClINO2. The average Bonchev–Trinajstić information content (AvgIpc) is 3.09. The lowest BCUT2D eigenvalue weighted by molar-refractivity contribution is 0.352. The van der Waals surface area contributed by atoms with Crippen LogP contribution in [0.2, 0.25) is 0 Å². The summed E-state index contributed by atoms with van der Waals surface area (Å²) in [4.78, 5) is 0. The highest BCUT2D eigenvalue weighted by atomic mass is 127. The number of ether oxygens (including phenoxy) is 2. The highest BCUT2D eigenvalue weighted by Crippen LogP contribution is 2.33. The number of hydrogen-bond donors (Lipinski definition) is 1. The molecule has 0 aromatic heterocycles. The molecule has 1 aromatic rings. The molecule has 0 unspecified atom stereocenters. The summed E-state index contributed by atoms with van der Waals surface area (Å²) in [5, 5.41) is 3.49. The Balaban J connectivity index is 0.00000144. The first-order valence-corrected chi connectivity index (χ1v) is 6.46. The van der Waals surface area contributed by atoms with E-state index in [1.807, 2.05) is 6.07 Å². The van der Waals surface area contributed by atoms with Crippen molar-refractivity contribution >= 4 is 35.0 Å². The number of rotatable bonds is 5. The van der Waals surface area contributed by atoms with Crippen molar-refractivity contribution in [2.24, 2.45) is 0 Å². The molecule has 96 valence electrons. The van der Waals surface area contributed by atoms with Crippen molar-refractivity contribution in [1.29, 1.82) is 0 Å². The van der Waals surface area contributed by atoms with Crippen molar-refractivity contribution < 1.29 is 9.47 Å². The van der Waals surface area contributed by atoms with Crippen molar-refractivity contribution in [2.45, 2.75) is 25.4 Å². The zero-order valence-electron chi connectivity index (χ0n) is 9.96. The van der Waals surface area contributed by atoms with Gasteiger partial charge in [-0.1, -0.05) is 0 Å². The fraction of sp³-hybridized carbons (Fsp3) is 0.500. The van der Waals surface area contributed by atoms with Crippen LogP contribution in [-0.2, 0) is 6.54 Å². The van der Waals surface area contributed by atoms with Gasteiger partial charge in [0.1, 0.15) is 0 Å². The van der Waals surface area contributed by atoms with Crippen molar-refractivity contribution in [3.63, 3.8) is 0 Å². The summed E-state index contributed by atoms with van der Waals surface area (Å²) < 4.78 is 11.7. The number of benzene rings is 1. The van der Waals surface area contributed by atoms with E-state index in [4.69, 9.17) is 9.47 Å². The van der Waals surface area contributed by atoms with Gasteiger partial charge in [0.25, 0.3) is 0 Å². The molecule has 0 amide bonds. The molecular weight excluding hydrogens is 352 g/mol. The van der Waals surface area contributed by atoms with Crippen LogP contribution in [0.4, 0.5) is 0 Å². The van der Waals surface area contributed by atoms with Gasteiger partial charge in [0.15, 0.2) is 11.5 Å². The van der Waals surface area contributed by atoms with Gasteiger partial charge in [-0.05, 0) is 53.1 Å². The van der Waals surface area contributed by atoms with Gasteiger partial charge in [0.05, 0.1) is 17.8 Å². The van der Waals surface area contributed by atoms with Crippen LogP contribution in [0.15, 0.2) is 12.1 Å². The molecule has 1 aliphatic carbocycles. The first kappa shape index (κ1) is 14.9. The van der Waals surface area contributed by atoms with Crippen LogP contribution in [0.25, 0.3) is 0 Å². The number of hydrogen-bond acceptors (Lipinski definition) is 3. The van der Waals surface area contributed by atoms with Crippen LogP contribution in [0.3, 0.4) is 0 Å². The van der Waals surface area contributed by atoms with Crippen molar-refractivity contribution in [1.82, 2.24) is 5.32 Å². The smallest absolute Gasteiger partial charge is 0.174 e. The summed E-state index contributed by atoms with van der Waals surface area (Å²) >= 11 is 2.27. The van der Waals surface area contributed by atoms with Crippen LogP contribution in [0, 0.1) is 3.57 Å². The van der Waals surface area contributed by atoms with Crippen LogP contribution < -0.4 is 14.8 Å². The summed E-state index contributed by atoms with van der Waals surface area (Å²) in [6.45, 7) is 0.904. The van der Waals surface area contributed by atoms with E-state index in [1.165, 1.54) is 18.4 Å². The Labute approximate surface area is 122 Å². The third-order valence-corrected chi connectivity index (χ3v) is 3.47. The van der Waals surface area contributed by atoms with E-state index in [0.717, 1.165) is 27.7 Å². The monoisotopic (exact) mass is 369 g/mol. The number of halogens is 2. The molecule has 17 heavy (non-hydrogen) atoms. The molecule has 0 saturated heterocycles. The van der Waals surface area contributed by atoms with E-state index < -0.39 is 0 Å². The maximum absolute atomic E-state index is 5.32. The average molecular weight is 370 g/mol. The molecule has 0 aliphatic heterocycles. The molecule has 0 atom stereocenters. The number of nitrogens with one attached hydrogen (secondary N) is 1. The third-order valence-electron chi connectivity index (χ3n) is 2.67. The van der Waals surface area contributed by atoms with Gasteiger partial charge in [-0.15, -0.1) is 12.4 Å². The molecule has 0 bridgehead atoms. The summed E-state index contributed by atoms with van der Waals surface area (Å²) in [7, 11) is 3.34. The van der Waals surface area contributed by atoms with Crippen LogP contribution in [-0.4, -0.2) is 20.3 Å². The van der Waals surface area contributed by atoms with Crippen LogP contribution in [0.1, 0.15) is 18.4 Å². The van der Waals surface area contributed by atoms with E-state index in [-0.39, 0.29) is 12.4 Å². The lowest BCUT2D eigenvalue weighted by Crippen LogP contribution is -2.15. The molecule has 1 aromatic carbocycles. The summed E-state index contributed by atoms with van der Waals surface area (Å²) in [6, 6.07) is 4.90. The zero-order valence-corrected chi connectivity index (χ0v) is 12.9. The minimum absolute atomic E-state index is 0. The molecule has 5 heteroatoms. The summed E-state index contributed by atoms with van der Waals surface area (Å²) in [5.41, 5.74) is 1.24. The highest BCUT2D eigenvalue weighted by Gasteiger charge is 2.20. The molecule has 0 spiro atoms. The van der Waals surface area contributed by atoms with E-state index in [9.17, 15) is 0 Å². The normalized spacial score (nSPS) is 14.1. The quantitative estimate of drug-likeness (QED) is 0.810. The van der Waals surface area contributed by atoms with E-state index in [0.29, 0.717) is 0 Å². The predicted octanol–water partition coefficient (Wildman–Crippen LogP) is 2.98. The Morgan fingerprint density at radius 1 is 1.29 bits per heavy atom. The topological polar surface area (TPSA) is 30.5 Å². The SMILES string of the molecule is COc1cc(CNC2CC2)cc(I)c1OC.Cl. The van der Waals surface area contributed by atoms with Crippen LogP contribution >= 0.6 is 35.0 Å². The second-order valence-electron chi connectivity index (χ2n) is 3.97. The Kier molecular flexibility index (Phi) is 5.82. The van der Waals surface area contributed by atoms with Crippen molar-refractivity contribution in [3.8, 4) is 11.5 Å². The summed E-state index contributed by atoms with van der Waals surface area (Å²) in [6.07, 6.45) is 2.62.